The Bertz CT molecular complexity index is 1700. The van der Waals surface area contributed by atoms with Crippen LogP contribution in [0.3, 0.4) is 0 Å². The Balaban J connectivity index is 1.39. The molecule has 222 valence electrons. The lowest BCUT2D eigenvalue weighted by Crippen LogP contribution is -2.39. The molecule has 0 aliphatic carbocycles. The molecule has 43 heavy (non-hydrogen) atoms. The second kappa shape index (κ2) is 14.3. The summed E-state index contributed by atoms with van der Waals surface area (Å²) in [6.07, 6.45) is 1.40. The van der Waals surface area contributed by atoms with Gasteiger partial charge in [-0.3, -0.25) is 13.9 Å². The molecule has 0 radical (unpaired) electrons. The number of sulfonamides is 1. The molecule has 2 N–H and O–H groups in total. The van der Waals surface area contributed by atoms with Crippen LogP contribution in [0.1, 0.15) is 11.1 Å². The molecule has 4 aromatic carbocycles. The van der Waals surface area contributed by atoms with Gasteiger partial charge >= 0.3 is 0 Å². The Hall–Kier alpha value is -4.87. The van der Waals surface area contributed by atoms with E-state index in [1.165, 1.54) is 43.7 Å². The van der Waals surface area contributed by atoms with E-state index >= 15 is 0 Å². The molecule has 2 amide bonds. The summed E-state index contributed by atoms with van der Waals surface area (Å²) >= 11 is 6.26. The predicted octanol–water partition coefficient (Wildman–Crippen LogP) is 5.02. The predicted molar refractivity (Wildman–Crippen MR) is 166 cm³/mol. The largest absolute Gasteiger partial charge is 0.495 e. The summed E-state index contributed by atoms with van der Waals surface area (Å²) in [5.74, 6) is -0.142. The molecule has 0 bridgehead atoms. The maximum absolute atomic E-state index is 13.6. The molecule has 0 fully saturated rings. The lowest BCUT2D eigenvalue weighted by atomic mass is 10.2. The number of ether oxygens (including phenoxy) is 2. The van der Waals surface area contributed by atoms with Crippen molar-refractivity contribution in [2.75, 3.05) is 29.9 Å². The van der Waals surface area contributed by atoms with Crippen molar-refractivity contribution < 1.29 is 27.5 Å². The molecule has 0 heterocycles. The highest BCUT2D eigenvalue weighted by atomic mass is 35.5. The van der Waals surface area contributed by atoms with Gasteiger partial charge in [-0.2, -0.15) is 5.10 Å². The molecule has 4 rings (SSSR count). The first-order valence-electron chi connectivity index (χ1n) is 13.0. The Labute approximate surface area is 254 Å². The van der Waals surface area contributed by atoms with Crippen LogP contribution >= 0.6 is 11.6 Å². The van der Waals surface area contributed by atoms with Gasteiger partial charge in [0.15, 0.2) is 6.61 Å². The third kappa shape index (κ3) is 8.57. The smallest absolute Gasteiger partial charge is 0.264 e. The first kappa shape index (κ1) is 31.1. The number of carbonyl (C=O) groups is 2. The summed E-state index contributed by atoms with van der Waals surface area (Å²) in [6, 6.07) is 26.5. The van der Waals surface area contributed by atoms with Crippen molar-refractivity contribution in [2.45, 2.75) is 11.8 Å². The van der Waals surface area contributed by atoms with Gasteiger partial charge in [-0.05, 0) is 79.2 Å². The highest BCUT2D eigenvalue weighted by Crippen LogP contribution is 2.32. The number of nitrogens with zero attached hydrogens (tertiary/aromatic N) is 2. The van der Waals surface area contributed by atoms with Crippen LogP contribution in [0.25, 0.3) is 0 Å². The van der Waals surface area contributed by atoms with Crippen molar-refractivity contribution in [3.05, 3.63) is 113 Å². The zero-order valence-corrected chi connectivity index (χ0v) is 24.9. The maximum atomic E-state index is 13.6. The lowest BCUT2D eigenvalue weighted by Gasteiger charge is -2.24. The van der Waals surface area contributed by atoms with Gasteiger partial charge in [-0.15, -0.1) is 0 Å². The second-order valence-electron chi connectivity index (χ2n) is 9.21. The molecule has 0 saturated carbocycles. The zero-order chi connectivity index (χ0) is 30.8. The van der Waals surface area contributed by atoms with E-state index in [1.54, 1.807) is 48.5 Å². The highest BCUT2D eigenvalue weighted by molar-refractivity contribution is 7.92. The molecular weight excluding hydrogens is 592 g/mol. The summed E-state index contributed by atoms with van der Waals surface area (Å²) in [6.45, 7) is 1.11. The number of halogens is 1. The number of hydrogen-bond acceptors (Lipinski definition) is 7. The van der Waals surface area contributed by atoms with Crippen LogP contribution in [-0.2, 0) is 19.6 Å². The minimum absolute atomic E-state index is 0.0150. The van der Waals surface area contributed by atoms with E-state index in [-0.39, 0.29) is 28.1 Å². The number of hydrazone groups is 1. The number of nitrogens with one attached hydrogen (secondary N) is 2. The first-order chi connectivity index (χ1) is 20.7. The van der Waals surface area contributed by atoms with Gasteiger partial charge in [0, 0.05) is 5.69 Å². The second-order valence-corrected chi connectivity index (χ2v) is 11.5. The number of carbonyl (C=O) groups excluding carboxylic acids is 2. The van der Waals surface area contributed by atoms with Crippen LogP contribution in [0.2, 0.25) is 5.02 Å². The van der Waals surface area contributed by atoms with Gasteiger partial charge in [0.1, 0.15) is 18.0 Å². The number of methoxy groups -OCH3 is 1. The fourth-order valence-corrected chi connectivity index (χ4v) is 5.49. The van der Waals surface area contributed by atoms with Crippen molar-refractivity contribution in [1.29, 1.82) is 0 Å². The van der Waals surface area contributed by atoms with Gasteiger partial charge in [0.05, 0.1) is 28.9 Å². The van der Waals surface area contributed by atoms with Gasteiger partial charge < -0.3 is 14.8 Å². The van der Waals surface area contributed by atoms with Crippen LogP contribution in [0.5, 0.6) is 11.5 Å². The molecule has 0 aliphatic heterocycles. The molecule has 12 heteroatoms. The third-order valence-corrected chi connectivity index (χ3v) is 8.11. The van der Waals surface area contributed by atoms with E-state index < -0.39 is 22.5 Å². The average molecular weight is 621 g/mol. The first-order valence-corrected chi connectivity index (χ1v) is 14.8. The SMILES string of the molecule is COc1ccc(N(CC(=O)N/N=C\c2ccc(OCC(=O)Nc3ccccc3)cc2)S(=O)(=O)c2ccc(C)cc2)cc1Cl. The lowest BCUT2D eigenvalue weighted by molar-refractivity contribution is -0.119. The standard InChI is InChI=1S/C31H29ClN4O6S/c1-22-8-15-27(16-9-22)43(39,40)36(25-12-17-29(41-2)28(32)18-25)20-30(37)35-33-19-23-10-13-26(14-11-23)42-21-31(38)34-24-6-4-3-5-7-24/h3-19H,20-21H2,1-2H3,(H,34,38)(H,35,37)/b33-19-. The van der Waals surface area contributed by atoms with Gasteiger partial charge in [-0.25, -0.2) is 13.8 Å². The van der Waals surface area contributed by atoms with E-state index in [1.807, 2.05) is 25.1 Å². The van der Waals surface area contributed by atoms with E-state index in [0.717, 1.165) is 9.87 Å². The van der Waals surface area contributed by atoms with Crippen molar-refractivity contribution in [3.63, 3.8) is 0 Å². The number of anilines is 2. The summed E-state index contributed by atoms with van der Waals surface area (Å²) < 4.78 is 38.7. The minimum Gasteiger partial charge on any atom is -0.495 e. The van der Waals surface area contributed by atoms with E-state index in [9.17, 15) is 18.0 Å². The van der Waals surface area contributed by atoms with Crippen molar-refractivity contribution in [1.82, 2.24) is 5.43 Å². The Morgan fingerprint density at radius 2 is 1.63 bits per heavy atom. The molecule has 0 unspecified atom stereocenters. The van der Waals surface area contributed by atoms with Crippen LogP contribution in [0.4, 0.5) is 11.4 Å². The molecule has 0 atom stereocenters. The molecule has 0 aromatic heterocycles. The summed E-state index contributed by atoms with van der Waals surface area (Å²) in [5, 5.41) is 6.88. The van der Waals surface area contributed by atoms with Crippen LogP contribution in [0.15, 0.2) is 107 Å². The normalized spacial score (nSPS) is 11.1. The maximum Gasteiger partial charge on any atom is 0.264 e. The summed E-state index contributed by atoms with van der Waals surface area (Å²) in [7, 11) is -2.69. The number of para-hydroxylation sites is 1. The van der Waals surface area contributed by atoms with Crippen LogP contribution in [-0.4, -0.2) is 46.7 Å². The quantitative estimate of drug-likeness (QED) is 0.169. The number of aryl methyl sites for hydroxylation is 1. The number of benzene rings is 4. The number of rotatable bonds is 12. The van der Waals surface area contributed by atoms with Crippen molar-refractivity contribution in [3.8, 4) is 11.5 Å². The van der Waals surface area contributed by atoms with E-state index in [0.29, 0.717) is 22.7 Å². The van der Waals surface area contributed by atoms with Crippen molar-refractivity contribution in [2.24, 2.45) is 5.10 Å². The summed E-state index contributed by atoms with van der Waals surface area (Å²) in [4.78, 5) is 24.9. The van der Waals surface area contributed by atoms with Crippen molar-refractivity contribution >= 4 is 51.0 Å². The molecule has 10 nitrogen and oxygen atoms in total. The minimum atomic E-state index is -4.13. The fourth-order valence-electron chi connectivity index (χ4n) is 3.83. The molecule has 0 aliphatic rings. The average Bonchev–Trinajstić information content (AvgIpc) is 3.00. The Kier molecular flexibility index (Phi) is 10.4. The monoisotopic (exact) mass is 620 g/mol. The van der Waals surface area contributed by atoms with Gasteiger partial charge in [0.25, 0.3) is 21.8 Å². The fraction of sp³-hybridized carbons (Fsp3) is 0.129. The zero-order valence-electron chi connectivity index (χ0n) is 23.4. The number of amides is 2. The summed E-state index contributed by atoms with van der Waals surface area (Å²) in [5.41, 5.74) is 4.73. The molecule has 0 saturated heterocycles. The van der Waals surface area contributed by atoms with Crippen LogP contribution in [0, 0.1) is 6.92 Å². The number of hydrogen-bond donors (Lipinski definition) is 2. The Morgan fingerprint density at radius 3 is 2.28 bits per heavy atom. The van der Waals surface area contributed by atoms with E-state index in [2.05, 4.69) is 15.8 Å². The van der Waals surface area contributed by atoms with E-state index in [4.69, 9.17) is 21.1 Å². The third-order valence-electron chi connectivity index (χ3n) is 6.03. The highest BCUT2D eigenvalue weighted by Gasteiger charge is 2.28. The molecule has 4 aromatic rings. The topological polar surface area (TPSA) is 126 Å². The van der Waals surface area contributed by atoms with Gasteiger partial charge in [0.2, 0.25) is 0 Å². The Morgan fingerprint density at radius 1 is 0.930 bits per heavy atom. The van der Waals surface area contributed by atoms with Gasteiger partial charge in [-0.1, -0.05) is 47.5 Å². The molecule has 0 spiro atoms. The molecular formula is C31H29ClN4O6S. The van der Waals surface area contributed by atoms with Crippen LogP contribution < -0.4 is 24.5 Å².